The van der Waals surface area contributed by atoms with Crippen molar-refractivity contribution in [1.82, 2.24) is 9.80 Å². The molecule has 0 amide bonds. The molecule has 0 aromatic heterocycles. The summed E-state index contributed by atoms with van der Waals surface area (Å²) in [5.74, 6) is 0. The Bertz CT molecular complexity index is 198. The highest BCUT2D eigenvalue weighted by Gasteiger charge is 2.12. The SMILES string of the molecule is CC(=CN1CCCC1)CN1CCCC1. The average Bonchev–Trinajstić information content (AvgIpc) is 2.76. The molecule has 80 valence electrons. The van der Waals surface area contributed by atoms with Gasteiger partial charge in [0.15, 0.2) is 0 Å². The second-order valence-electron chi connectivity index (χ2n) is 4.70. The zero-order chi connectivity index (χ0) is 9.80. The van der Waals surface area contributed by atoms with Gasteiger partial charge in [0.05, 0.1) is 0 Å². The van der Waals surface area contributed by atoms with Crippen LogP contribution in [0, 0.1) is 0 Å². The minimum absolute atomic E-state index is 1.19. The van der Waals surface area contributed by atoms with E-state index in [0.29, 0.717) is 0 Å². The largest absolute Gasteiger partial charge is 0.377 e. The van der Waals surface area contributed by atoms with Gasteiger partial charge in [0.2, 0.25) is 0 Å². The number of hydrogen-bond donors (Lipinski definition) is 0. The molecule has 2 fully saturated rings. The van der Waals surface area contributed by atoms with E-state index in [2.05, 4.69) is 22.9 Å². The zero-order valence-electron chi connectivity index (χ0n) is 9.34. The van der Waals surface area contributed by atoms with Crippen molar-refractivity contribution in [1.29, 1.82) is 0 Å². The fourth-order valence-corrected chi connectivity index (χ4v) is 2.52. The summed E-state index contributed by atoms with van der Waals surface area (Å²) in [5, 5.41) is 0. The monoisotopic (exact) mass is 194 g/mol. The molecule has 0 unspecified atom stereocenters. The van der Waals surface area contributed by atoms with Crippen molar-refractivity contribution in [3.8, 4) is 0 Å². The average molecular weight is 194 g/mol. The van der Waals surface area contributed by atoms with Gasteiger partial charge in [0.1, 0.15) is 0 Å². The highest BCUT2D eigenvalue weighted by Crippen LogP contribution is 2.13. The molecule has 0 aliphatic carbocycles. The van der Waals surface area contributed by atoms with Crippen LogP contribution in [0.15, 0.2) is 11.8 Å². The first-order valence-corrected chi connectivity index (χ1v) is 5.98. The fourth-order valence-electron chi connectivity index (χ4n) is 2.52. The molecule has 0 aromatic carbocycles. The predicted octanol–water partition coefficient (Wildman–Crippen LogP) is 2.08. The number of hydrogen-bond acceptors (Lipinski definition) is 2. The summed E-state index contributed by atoms with van der Waals surface area (Å²) in [6.07, 6.45) is 7.94. The van der Waals surface area contributed by atoms with Gasteiger partial charge in [0, 0.05) is 19.6 Å². The van der Waals surface area contributed by atoms with E-state index in [4.69, 9.17) is 0 Å². The van der Waals surface area contributed by atoms with E-state index >= 15 is 0 Å². The Morgan fingerprint density at radius 2 is 1.57 bits per heavy atom. The molecule has 2 saturated heterocycles. The number of rotatable bonds is 3. The van der Waals surface area contributed by atoms with Crippen LogP contribution < -0.4 is 0 Å². The fraction of sp³-hybridized carbons (Fsp3) is 0.833. The normalized spacial score (nSPS) is 24.9. The van der Waals surface area contributed by atoms with E-state index in [1.807, 2.05) is 0 Å². The first-order valence-electron chi connectivity index (χ1n) is 5.98. The van der Waals surface area contributed by atoms with Gasteiger partial charge in [-0.05, 0) is 57.5 Å². The van der Waals surface area contributed by atoms with Gasteiger partial charge in [-0.1, -0.05) is 0 Å². The third-order valence-corrected chi connectivity index (χ3v) is 3.22. The minimum Gasteiger partial charge on any atom is -0.377 e. The lowest BCUT2D eigenvalue weighted by atomic mass is 10.3. The van der Waals surface area contributed by atoms with Gasteiger partial charge in [-0.2, -0.15) is 0 Å². The van der Waals surface area contributed by atoms with Crippen LogP contribution in [-0.2, 0) is 0 Å². The highest BCUT2D eigenvalue weighted by atomic mass is 15.1. The Kier molecular flexibility index (Phi) is 3.46. The van der Waals surface area contributed by atoms with Gasteiger partial charge >= 0.3 is 0 Å². The Morgan fingerprint density at radius 3 is 2.21 bits per heavy atom. The molecular formula is C12H22N2. The molecule has 2 rings (SSSR count). The van der Waals surface area contributed by atoms with Crippen LogP contribution in [-0.4, -0.2) is 42.5 Å². The van der Waals surface area contributed by atoms with E-state index in [0.717, 1.165) is 0 Å². The van der Waals surface area contributed by atoms with Crippen molar-refractivity contribution in [3.05, 3.63) is 11.8 Å². The molecule has 0 aromatic rings. The molecular weight excluding hydrogens is 172 g/mol. The van der Waals surface area contributed by atoms with Crippen LogP contribution >= 0.6 is 0 Å². The van der Waals surface area contributed by atoms with E-state index in [9.17, 15) is 0 Å². The summed E-state index contributed by atoms with van der Waals surface area (Å²) in [5.41, 5.74) is 1.54. The Morgan fingerprint density at radius 1 is 1.00 bits per heavy atom. The second kappa shape index (κ2) is 4.83. The summed E-state index contributed by atoms with van der Waals surface area (Å²) >= 11 is 0. The van der Waals surface area contributed by atoms with Crippen LogP contribution in [0.5, 0.6) is 0 Å². The summed E-state index contributed by atoms with van der Waals surface area (Å²) in [4.78, 5) is 5.05. The molecule has 0 bridgehead atoms. The summed E-state index contributed by atoms with van der Waals surface area (Å²) in [7, 11) is 0. The van der Waals surface area contributed by atoms with Crippen molar-refractivity contribution in [2.24, 2.45) is 0 Å². The second-order valence-corrected chi connectivity index (χ2v) is 4.70. The van der Waals surface area contributed by atoms with Crippen molar-refractivity contribution in [2.75, 3.05) is 32.7 Å². The standard InChI is InChI=1S/C12H22N2/c1-12(10-13-6-2-3-7-13)11-14-8-4-5-9-14/h10H,2-9,11H2,1H3. The minimum atomic E-state index is 1.19. The lowest BCUT2D eigenvalue weighted by Gasteiger charge is -2.18. The van der Waals surface area contributed by atoms with Crippen LogP contribution in [0.3, 0.4) is 0 Å². The van der Waals surface area contributed by atoms with Crippen molar-refractivity contribution >= 4 is 0 Å². The van der Waals surface area contributed by atoms with Gasteiger partial charge in [-0.25, -0.2) is 0 Å². The maximum absolute atomic E-state index is 2.57. The van der Waals surface area contributed by atoms with Crippen LogP contribution in [0.2, 0.25) is 0 Å². The van der Waals surface area contributed by atoms with Crippen LogP contribution in [0.4, 0.5) is 0 Å². The van der Waals surface area contributed by atoms with Gasteiger partial charge in [-0.3, -0.25) is 4.90 Å². The molecule has 0 saturated carbocycles. The van der Waals surface area contributed by atoms with Crippen LogP contribution in [0.1, 0.15) is 32.6 Å². The lowest BCUT2D eigenvalue weighted by molar-refractivity contribution is 0.363. The maximum atomic E-state index is 2.57. The van der Waals surface area contributed by atoms with Crippen molar-refractivity contribution in [3.63, 3.8) is 0 Å². The van der Waals surface area contributed by atoms with Gasteiger partial charge < -0.3 is 4.90 Å². The quantitative estimate of drug-likeness (QED) is 0.678. The molecule has 0 atom stereocenters. The molecule has 2 aliphatic rings. The summed E-state index contributed by atoms with van der Waals surface area (Å²) < 4.78 is 0. The summed E-state index contributed by atoms with van der Waals surface area (Å²) in [6.45, 7) is 8.64. The Balaban J connectivity index is 1.77. The van der Waals surface area contributed by atoms with Gasteiger partial charge in [0.25, 0.3) is 0 Å². The highest BCUT2D eigenvalue weighted by molar-refractivity contribution is 5.01. The molecule has 2 heteroatoms. The van der Waals surface area contributed by atoms with E-state index in [-0.39, 0.29) is 0 Å². The first-order chi connectivity index (χ1) is 6.84. The smallest absolute Gasteiger partial charge is 0.0207 e. The van der Waals surface area contributed by atoms with E-state index in [1.165, 1.54) is 64.0 Å². The molecule has 2 nitrogen and oxygen atoms in total. The molecule has 0 radical (unpaired) electrons. The maximum Gasteiger partial charge on any atom is 0.0207 e. The number of nitrogens with zero attached hydrogens (tertiary/aromatic N) is 2. The molecule has 2 aliphatic heterocycles. The Labute approximate surface area is 87.6 Å². The molecule has 14 heavy (non-hydrogen) atoms. The first kappa shape index (κ1) is 10.0. The van der Waals surface area contributed by atoms with Crippen LogP contribution in [0.25, 0.3) is 0 Å². The van der Waals surface area contributed by atoms with E-state index in [1.54, 1.807) is 0 Å². The Hall–Kier alpha value is -0.500. The van der Waals surface area contributed by atoms with Crippen molar-refractivity contribution in [2.45, 2.75) is 32.6 Å². The van der Waals surface area contributed by atoms with E-state index < -0.39 is 0 Å². The predicted molar refractivity (Wildman–Crippen MR) is 60.2 cm³/mol. The number of likely N-dealkylation sites (tertiary alicyclic amines) is 2. The molecule has 0 spiro atoms. The third-order valence-electron chi connectivity index (χ3n) is 3.22. The summed E-state index contributed by atoms with van der Waals surface area (Å²) in [6, 6.07) is 0. The molecule has 0 N–H and O–H groups in total. The van der Waals surface area contributed by atoms with Gasteiger partial charge in [-0.15, -0.1) is 0 Å². The molecule has 2 heterocycles. The third kappa shape index (κ3) is 2.74. The topological polar surface area (TPSA) is 6.48 Å². The van der Waals surface area contributed by atoms with Crippen molar-refractivity contribution < 1.29 is 0 Å². The zero-order valence-corrected chi connectivity index (χ0v) is 9.34. The lowest BCUT2D eigenvalue weighted by Crippen LogP contribution is -2.22.